The lowest BCUT2D eigenvalue weighted by Gasteiger charge is -2.21. The summed E-state index contributed by atoms with van der Waals surface area (Å²) in [5, 5.41) is 3.22. The molecule has 0 radical (unpaired) electrons. The number of aromatic nitrogens is 2. The van der Waals surface area contributed by atoms with Gasteiger partial charge in [0.15, 0.2) is 5.78 Å². The molecule has 2 aromatic heterocycles. The average Bonchev–Trinajstić information content (AvgIpc) is 3.26. The molecule has 1 aliphatic heterocycles. The number of rotatable bonds is 4. The van der Waals surface area contributed by atoms with E-state index in [1.807, 2.05) is 12.1 Å². The Bertz CT molecular complexity index is 693. The van der Waals surface area contributed by atoms with E-state index in [9.17, 15) is 4.79 Å². The van der Waals surface area contributed by atoms with Crippen LogP contribution in [0.3, 0.4) is 0 Å². The number of nitrogens with zero attached hydrogens (tertiary/aromatic N) is 2. The number of Topliss-reactive ketones (excluding diaryl/α,β-unsaturated/α-hetero) is 1. The van der Waals surface area contributed by atoms with E-state index in [0.29, 0.717) is 30.9 Å². The molecule has 0 spiro atoms. The van der Waals surface area contributed by atoms with Crippen LogP contribution in [0.4, 0.5) is 5.95 Å². The van der Waals surface area contributed by atoms with Gasteiger partial charge in [-0.15, -0.1) is 0 Å². The van der Waals surface area contributed by atoms with Crippen molar-refractivity contribution in [3.8, 4) is 0 Å². The molecule has 0 aromatic carbocycles. The summed E-state index contributed by atoms with van der Waals surface area (Å²) in [5.41, 5.74) is 1.43. The van der Waals surface area contributed by atoms with Crippen LogP contribution in [0, 0.1) is 0 Å². The van der Waals surface area contributed by atoms with Gasteiger partial charge in [0.2, 0.25) is 5.95 Å². The van der Waals surface area contributed by atoms with Gasteiger partial charge < -0.3 is 14.5 Å². The van der Waals surface area contributed by atoms with Crippen molar-refractivity contribution in [1.29, 1.82) is 0 Å². The van der Waals surface area contributed by atoms with Crippen LogP contribution in [0.5, 0.6) is 0 Å². The molecule has 4 rings (SSSR count). The maximum atomic E-state index is 12.3. The van der Waals surface area contributed by atoms with Crippen molar-refractivity contribution in [2.75, 3.05) is 18.5 Å². The summed E-state index contributed by atoms with van der Waals surface area (Å²) < 4.78 is 11.0. The molecule has 2 aromatic rings. The van der Waals surface area contributed by atoms with E-state index in [4.69, 9.17) is 9.15 Å². The number of furan rings is 1. The number of ether oxygens (including phenoxy) is 1. The molecule has 1 N–H and O–H groups in total. The van der Waals surface area contributed by atoms with Gasteiger partial charge >= 0.3 is 0 Å². The van der Waals surface area contributed by atoms with E-state index in [1.165, 1.54) is 0 Å². The molecule has 6 heteroatoms. The maximum absolute atomic E-state index is 12.3. The van der Waals surface area contributed by atoms with Crippen molar-refractivity contribution in [2.24, 2.45) is 0 Å². The van der Waals surface area contributed by atoms with Crippen molar-refractivity contribution < 1.29 is 13.9 Å². The summed E-state index contributed by atoms with van der Waals surface area (Å²) in [7, 11) is 0. The fourth-order valence-corrected chi connectivity index (χ4v) is 3.27. The van der Waals surface area contributed by atoms with Crippen LogP contribution in [0.15, 0.2) is 29.0 Å². The number of hydrogen-bond acceptors (Lipinski definition) is 6. The first-order chi connectivity index (χ1) is 11.3. The second-order valence-electron chi connectivity index (χ2n) is 6.11. The van der Waals surface area contributed by atoms with Gasteiger partial charge in [-0.25, -0.2) is 9.97 Å². The van der Waals surface area contributed by atoms with Crippen molar-refractivity contribution >= 4 is 11.7 Å². The Labute approximate surface area is 134 Å². The molecule has 1 aliphatic carbocycles. The van der Waals surface area contributed by atoms with E-state index in [-0.39, 0.29) is 17.8 Å². The molecule has 0 amide bonds. The van der Waals surface area contributed by atoms with Gasteiger partial charge in [0.25, 0.3) is 0 Å². The molecule has 0 bridgehead atoms. The van der Waals surface area contributed by atoms with E-state index in [0.717, 1.165) is 30.9 Å². The zero-order chi connectivity index (χ0) is 15.6. The van der Waals surface area contributed by atoms with Gasteiger partial charge in [0.05, 0.1) is 23.6 Å². The minimum Gasteiger partial charge on any atom is -0.469 e. The zero-order valence-electron chi connectivity index (χ0n) is 12.8. The molecule has 0 saturated carbocycles. The molecule has 1 saturated heterocycles. The third-order valence-corrected chi connectivity index (χ3v) is 4.50. The monoisotopic (exact) mass is 313 g/mol. The van der Waals surface area contributed by atoms with Gasteiger partial charge in [0, 0.05) is 38.1 Å². The second kappa shape index (κ2) is 6.12. The number of carbonyl (C=O) groups is 1. The standard InChI is InChI=1S/C17H19N3O3/c21-15-8-11(16-4-2-6-23-16)7-14-13(15)10-19-17(20-14)18-9-12-3-1-5-22-12/h2,4,6,10-12H,1,3,5,7-9H2,(H,18,19,20)/t11-,12-/m1/s1. The van der Waals surface area contributed by atoms with E-state index in [2.05, 4.69) is 15.3 Å². The molecule has 2 aliphatic rings. The number of anilines is 1. The van der Waals surface area contributed by atoms with Crippen LogP contribution in [-0.2, 0) is 11.2 Å². The first-order valence-electron chi connectivity index (χ1n) is 8.07. The topological polar surface area (TPSA) is 77.2 Å². The fraction of sp³-hybridized carbons (Fsp3) is 0.471. The Hall–Kier alpha value is -2.21. The van der Waals surface area contributed by atoms with Crippen LogP contribution in [-0.4, -0.2) is 35.0 Å². The van der Waals surface area contributed by atoms with E-state index in [1.54, 1.807) is 12.5 Å². The highest BCUT2D eigenvalue weighted by atomic mass is 16.5. The predicted molar refractivity (Wildman–Crippen MR) is 83.6 cm³/mol. The third kappa shape index (κ3) is 2.99. The Morgan fingerprint density at radius 1 is 1.35 bits per heavy atom. The van der Waals surface area contributed by atoms with E-state index < -0.39 is 0 Å². The Balaban J connectivity index is 1.50. The third-order valence-electron chi connectivity index (χ3n) is 4.50. The Morgan fingerprint density at radius 3 is 3.09 bits per heavy atom. The number of hydrogen-bond donors (Lipinski definition) is 1. The molecule has 23 heavy (non-hydrogen) atoms. The van der Waals surface area contributed by atoms with Gasteiger partial charge in [0.1, 0.15) is 5.76 Å². The summed E-state index contributed by atoms with van der Waals surface area (Å²) >= 11 is 0. The van der Waals surface area contributed by atoms with Gasteiger partial charge in [-0.2, -0.15) is 0 Å². The minimum absolute atomic E-state index is 0.0610. The van der Waals surface area contributed by atoms with Crippen LogP contribution in [0.1, 0.15) is 47.0 Å². The van der Waals surface area contributed by atoms with Gasteiger partial charge in [-0.3, -0.25) is 4.79 Å². The predicted octanol–water partition coefficient (Wildman–Crippen LogP) is 2.57. The minimum atomic E-state index is 0.0610. The van der Waals surface area contributed by atoms with Crippen LogP contribution >= 0.6 is 0 Å². The lowest BCUT2D eigenvalue weighted by Crippen LogP contribution is -2.23. The highest BCUT2D eigenvalue weighted by Gasteiger charge is 2.29. The lowest BCUT2D eigenvalue weighted by atomic mass is 9.85. The second-order valence-corrected chi connectivity index (χ2v) is 6.11. The average molecular weight is 313 g/mol. The molecule has 0 unspecified atom stereocenters. The number of nitrogens with one attached hydrogen (secondary N) is 1. The number of fused-ring (bicyclic) bond motifs is 1. The quantitative estimate of drug-likeness (QED) is 0.935. The highest BCUT2D eigenvalue weighted by molar-refractivity contribution is 5.98. The fourth-order valence-electron chi connectivity index (χ4n) is 3.27. The summed E-state index contributed by atoms with van der Waals surface area (Å²) in [6, 6.07) is 3.77. The molecular formula is C17H19N3O3. The van der Waals surface area contributed by atoms with Crippen molar-refractivity contribution in [3.63, 3.8) is 0 Å². The molecule has 2 atom stereocenters. The number of ketones is 1. The van der Waals surface area contributed by atoms with Crippen LogP contribution in [0.2, 0.25) is 0 Å². The van der Waals surface area contributed by atoms with Gasteiger partial charge in [-0.05, 0) is 25.0 Å². The molecular weight excluding hydrogens is 294 g/mol. The van der Waals surface area contributed by atoms with Crippen molar-refractivity contribution in [3.05, 3.63) is 41.6 Å². The molecule has 120 valence electrons. The summed E-state index contributed by atoms with van der Waals surface area (Å²) in [6.45, 7) is 1.53. The Kier molecular flexibility index (Phi) is 3.83. The zero-order valence-corrected chi connectivity index (χ0v) is 12.8. The Morgan fingerprint density at radius 2 is 2.30 bits per heavy atom. The SMILES string of the molecule is O=C1C[C@H](c2ccco2)Cc2nc(NC[C@H]3CCCO3)ncc21. The maximum Gasteiger partial charge on any atom is 0.222 e. The summed E-state index contributed by atoms with van der Waals surface area (Å²) in [5.74, 6) is 1.55. The summed E-state index contributed by atoms with van der Waals surface area (Å²) in [6.07, 6.45) is 6.84. The summed E-state index contributed by atoms with van der Waals surface area (Å²) in [4.78, 5) is 21.1. The normalized spacial score (nSPS) is 23.7. The smallest absolute Gasteiger partial charge is 0.222 e. The number of carbonyl (C=O) groups excluding carboxylic acids is 1. The first kappa shape index (κ1) is 14.4. The highest BCUT2D eigenvalue weighted by Crippen LogP contribution is 2.32. The van der Waals surface area contributed by atoms with Crippen molar-refractivity contribution in [2.45, 2.75) is 37.7 Å². The van der Waals surface area contributed by atoms with Crippen LogP contribution < -0.4 is 5.32 Å². The largest absolute Gasteiger partial charge is 0.469 e. The van der Waals surface area contributed by atoms with Gasteiger partial charge in [-0.1, -0.05) is 0 Å². The molecule has 3 heterocycles. The molecule has 1 fully saturated rings. The lowest BCUT2D eigenvalue weighted by molar-refractivity contribution is 0.0958. The van der Waals surface area contributed by atoms with Crippen LogP contribution in [0.25, 0.3) is 0 Å². The first-order valence-corrected chi connectivity index (χ1v) is 8.07. The van der Waals surface area contributed by atoms with E-state index >= 15 is 0 Å². The molecule has 6 nitrogen and oxygen atoms in total. The van der Waals surface area contributed by atoms with Crippen molar-refractivity contribution in [1.82, 2.24) is 9.97 Å².